The van der Waals surface area contributed by atoms with Crippen molar-refractivity contribution in [3.63, 3.8) is 0 Å². The van der Waals surface area contributed by atoms with Gasteiger partial charge in [0.1, 0.15) is 0 Å². The molecule has 2 heteroatoms. The molecule has 1 nitrogen and oxygen atoms in total. The van der Waals surface area contributed by atoms with E-state index in [0.717, 1.165) is 30.5 Å². The average molecular weight is 300 g/mol. The van der Waals surface area contributed by atoms with Crippen molar-refractivity contribution in [3.05, 3.63) is 70.7 Å². The van der Waals surface area contributed by atoms with Crippen LogP contribution < -0.4 is 5.32 Å². The maximum Gasteiger partial charge on any atom is 0.0438 e. The number of nitrogens with one attached hydrogen (secondary N) is 1. The second kappa shape index (κ2) is 7.11. The van der Waals surface area contributed by atoms with E-state index in [1.807, 2.05) is 12.1 Å². The van der Waals surface area contributed by atoms with Crippen molar-refractivity contribution < 1.29 is 0 Å². The molecule has 1 atom stereocenters. The Morgan fingerprint density at radius 2 is 1.67 bits per heavy atom. The summed E-state index contributed by atoms with van der Waals surface area (Å²) in [5.41, 5.74) is 2.67. The Bertz CT molecular complexity index is 563. The van der Waals surface area contributed by atoms with Crippen LogP contribution in [0.5, 0.6) is 0 Å². The van der Waals surface area contributed by atoms with Gasteiger partial charge in [-0.3, -0.25) is 0 Å². The van der Waals surface area contributed by atoms with Gasteiger partial charge in [-0.1, -0.05) is 60.1 Å². The van der Waals surface area contributed by atoms with Gasteiger partial charge in [0.15, 0.2) is 0 Å². The summed E-state index contributed by atoms with van der Waals surface area (Å²) in [5, 5.41) is 4.56. The molecule has 0 amide bonds. The normalized spacial score (nSPS) is 15.9. The van der Waals surface area contributed by atoms with E-state index in [2.05, 4.69) is 47.8 Å². The molecule has 0 aromatic heterocycles. The predicted octanol–water partition coefficient (Wildman–Crippen LogP) is 4.49. The minimum Gasteiger partial charge on any atom is -0.314 e. The largest absolute Gasteiger partial charge is 0.314 e. The van der Waals surface area contributed by atoms with Crippen LogP contribution in [0, 0.1) is 5.92 Å². The lowest BCUT2D eigenvalue weighted by Crippen LogP contribution is -2.27. The van der Waals surface area contributed by atoms with E-state index >= 15 is 0 Å². The maximum atomic E-state index is 6.33. The van der Waals surface area contributed by atoms with Gasteiger partial charge in [-0.15, -0.1) is 0 Å². The minimum absolute atomic E-state index is 0.591. The first-order valence-corrected chi connectivity index (χ1v) is 8.20. The molecule has 0 heterocycles. The van der Waals surface area contributed by atoms with E-state index in [9.17, 15) is 0 Å². The van der Waals surface area contributed by atoms with Crippen LogP contribution in [0.15, 0.2) is 54.6 Å². The third-order valence-electron chi connectivity index (χ3n) is 4.11. The molecule has 0 spiro atoms. The zero-order valence-corrected chi connectivity index (χ0v) is 13.0. The zero-order valence-electron chi connectivity index (χ0n) is 12.3. The number of hydrogen-bond acceptors (Lipinski definition) is 1. The van der Waals surface area contributed by atoms with Gasteiger partial charge >= 0.3 is 0 Å². The van der Waals surface area contributed by atoms with Crippen LogP contribution in [0.25, 0.3) is 0 Å². The lowest BCUT2D eigenvalue weighted by molar-refractivity contribution is 0.469. The quantitative estimate of drug-likeness (QED) is 0.794. The number of hydrogen-bond donors (Lipinski definition) is 1. The predicted molar refractivity (Wildman–Crippen MR) is 89.8 cm³/mol. The first-order chi connectivity index (χ1) is 10.3. The van der Waals surface area contributed by atoms with Crippen molar-refractivity contribution in [1.82, 2.24) is 5.32 Å². The molecule has 1 unspecified atom stereocenters. The summed E-state index contributed by atoms with van der Waals surface area (Å²) in [6.07, 6.45) is 4.81. The molecule has 1 N–H and O–H groups in total. The van der Waals surface area contributed by atoms with Gasteiger partial charge in [-0.05, 0) is 55.3 Å². The Morgan fingerprint density at radius 3 is 2.38 bits per heavy atom. The number of benzene rings is 2. The summed E-state index contributed by atoms with van der Waals surface area (Å²) in [7, 11) is 0. The highest BCUT2D eigenvalue weighted by Crippen LogP contribution is 2.23. The van der Waals surface area contributed by atoms with Gasteiger partial charge in [0, 0.05) is 11.1 Å². The molecule has 0 saturated heterocycles. The molecule has 21 heavy (non-hydrogen) atoms. The summed E-state index contributed by atoms with van der Waals surface area (Å²) in [4.78, 5) is 0. The number of halogens is 1. The van der Waals surface area contributed by atoms with E-state index in [-0.39, 0.29) is 0 Å². The molecule has 1 saturated carbocycles. The van der Waals surface area contributed by atoms with Crippen LogP contribution in [0.4, 0.5) is 0 Å². The molecule has 1 fully saturated rings. The fourth-order valence-corrected chi connectivity index (χ4v) is 2.97. The molecule has 1 aliphatic carbocycles. The molecule has 0 bridgehead atoms. The summed E-state index contributed by atoms with van der Waals surface area (Å²) >= 11 is 6.33. The van der Waals surface area contributed by atoms with Crippen LogP contribution in [0.3, 0.4) is 0 Å². The van der Waals surface area contributed by atoms with E-state index in [1.54, 1.807) is 0 Å². The Hall–Kier alpha value is -1.31. The van der Waals surface area contributed by atoms with Crippen molar-refractivity contribution in [2.24, 2.45) is 5.92 Å². The van der Waals surface area contributed by atoms with Gasteiger partial charge in [0.2, 0.25) is 0 Å². The molecule has 2 aromatic rings. The molecular weight excluding hydrogens is 278 g/mol. The van der Waals surface area contributed by atoms with Crippen LogP contribution in [0.1, 0.15) is 24.0 Å². The highest BCUT2D eigenvalue weighted by Gasteiger charge is 2.22. The Kier molecular flexibility index (Phi) is 4.95. The SMILES string of the molecule is Clc1ccccc1CC(CNC1CC1)Cc1ccccc1. The molecule has 3 rings (SSSR count). The summed E-state index contributed by atoms with van der Waals surface area (Å²) in [5.74, 6) is 0.591. The molecule has 110 valence electrons. The van der Waals surface area contributed by atoms with Crippen LogP contribution in [-0.2, 0) is 12.8 Å². The Labute approximate surface area is 132 Å². The van der Waals surface area contributed by atoms with Crippen molar-refractivity contribution >= 4 is 11.6 Å². The second-order valence-electron chi connectivity index (χ2n) is 6.03. The van der Waals surface area contributed by atoms with E-state index in [0.29, 0.717) is 5.92 Å². The second-order valence-corrected chi connectivity index (χ2v) is 6.44. The third kappa shape index (κ3) is 4.59. The monoisotopic (exact) mass is 299 g/mol. The van der Waals surface area contributed by atoms with Crippen LogP contribution >= 0.6 is 11.6 Å². The first-order valence-electron chi connectivity index (χ1n) is 7.82. The fraction of sp³-hybridized carbons (Fsp3) is 0.368. The van der Waals surface area contributed by atoms with Crippen LogP contribution in [-0.4, -0.2) is 12.6 Å². The van der Waals surface area contributed by atoms with Crippen molar-refractivity contribution in [3.8, 4) is 0 Å². The summed E-state index contributed by atoms with van der Waals surface area (Å²) in [6.45, 7) is 1.07. The van der Waals surface area contributed by atoms with E-state index in [4.69, 9.17) is 11.6 Å². The smallest absolute Gasteiger partial charge is 0.0438 e. The lowest BCUT2D eigenvalue weighted by atomic mass is 9.92. The number of rotatable bonds is 7. The minimum atomic E-state index is 0.591. The highest BCUT2D eigenvalue weighted by atomic mass is 35.5. The summed E-state index contributed by atoms with van der Waals surface area (Å²) < 4.78 is 0. The van der Waals surface area contributed by atoms with Gasteiger partial charge in [-0.2, -0.15) is 0 Å². The van der Waals surface area contributed by atoms with Gasteiger partial charge in [-0.25, -0.2) is 0 Å². The lowest BCUT2D eigenvalue weighted by Gasteiger charge is -2.18. The first kappa shape index (κ1) is 14.6. The van der Waals surface area contributed by atoms with Crippen molar-refractivity contribution in [2.75, 3.05) is 6.54 Å². The molecular formula is C19H22ClN. The highest BCUT2D eigenvalue weighted by molar-refractivity contribution is 6.31. The van der Waals surface area contributed by atoms with E-state index < -0.39 is 0 Å². The van der Waals surface area contributed by atoms with Crippen molar-refractivity contribution in [1.29, 1.82) is 0 Å². The Morgan fingerprint density at radius 1 is 0.952 bits per heavy atom. The average Bonchev–Trinajstić information content (AvgIpc) is 3.32. The van der Waals surface area contributed by atoms with Crippen LogP contribution in [0.2, 0.25) is 5.02 Å². The molecule has 2 aromatic carbocycles. The zero-order chi connectivity index (χ0) is 14.5. The molecule has 1 aliphatic rings. The van der Waals surface area contributed by atoms with E-state index in [1.165, 1.54) is 24.0 Å². The topological polar surface area (TPSA) is 12.0 Å². The summed E-state index contributed by atoms with van der Waals surface area (Å²) in [6, 6.07) is 19.7. The fourth-order valence-electron chi connectivity index (χ4n) is 2.76. The third-order valence-corrected chi connectivity index (χ3v) is 4.47. The molecule has 0 radical (unpaired) electrons. The maximum absolute atomic E-state index is 6.33. The molecule has 0 aliphatic heterocycles. The standard InChI is InChI=1S/C19H22ClN/c20-19-9-5-4-8-17(19)13-16(14-21-18-10-11-18)12-15-6-2-1-3-7-15/h1-9,16,18,21H,10-14H2. The Balaban J connectivity index is 1.67. The van der Waals surface area contributed by atoms with Gasteiger partial charge in [0.25, 0.3) is 0 Å². The van der Waals surface area contributed by atoms with Gasteiger partial charge in [0.05, 0.1) is 0 Å². The van der Waals surface area contributed by atoms with Crippen molar-refractivity contribution in [2.45, 2.75) is 31.7 Å². The van der Waals surface area contributed by atoms with Gasteiger partial charge < -0.3 is 5.32 Å².